The van der Waals surface area contributed by atoms with Crippen LogP contribution in [-0.4, -0.2) is 27.3 Å². The van der Waals surface area contributed by atoms with Crippen LogP contribution < -0.4 is 9.62 Å². The topological polar surface area (TPSA) is 49.4 Å². The zero-order chi connectivity index (χ0) is 12.6. The summed E-state index contributed by atoms with van der Waals surface area (Å²) >= 11 is 0. The lowest BCUT2D eigenvalue weighted by atomic mass is 9.99. The molecule has 0 saturated carbocycles. The van der Waals surface area contributed by atoms with Gasteiger partial charge in [0.1, 0.15) is 0 Å². The van der Waals surface area contributed by atoms with Crippen molar-refractivity contribution in [2.45, 2.75) is 25.8 Å². The molecule has 0 radical (unpaired) electrons. The number of nitrogens with one attached hydrogen (secondary N) is 1. The van der Waals surface area contributed by atoms with E-state index >= 15 is 0 Å². The Labute approximate surface area is 108 Å². The molecule has 1 aromatic carbocycles. The fourth-order valence-electron chi connectivity index (χ4n) is 2.80. The first-order chi connectivity index (χ1) is 8.68. The highest BCUT2D eigenvalue weighted by molar-refractivity contribution is 7.92. The van der Waals surface area contributed by atoms with Gasteiger partial charge in [-0.15, -0.1) is 0 Å². The summed E-state index contributed by atoms with van der Waals surface area (Å²) in [6.45, 7) is 2.40. The molecule has 2 heterocycles. The highest BCUT2D eigenvalue weighted by Gasteiger charge is 2.28. The molecule has 0 aromatic heterocycles. The molecule has 98 valence electrons. The van der Waals surface area contributed by atoms with Crippen LogP contribution in [-0.2, 0) is 23.0 Å². The monoisotopic (exact) mass is 266 g/mol. The first-order valence-electron chi connectivity index (χ1n) is 6.50. The zero-order valence-electron chi connectivity index (χ0n) is 10.4. The molecule has 0 atom stereocenters. The summed E-state index contributed by atoms with van der Waals surface area (Å²) in [7, 11) is -3.10. The van der Waals surface area contributed by atoms with Gasteiger partial charge in [0.25, 0.3) is 0 Å². The lowest BCUT2D eigenvalue weighted by molar-refractivity contribution is 0.573. The highest BCUT2D eigenvalue weighted by atomic mass is 32.2. The summed E-state index contributed by atoms with van der Waals surface area (Å²) < 4.78 is 26.0. The Morgan fingerprint density at radius 1 is 1.22 bits per heavy atom. The fourth-order valence-corrected chi connectivity index (χ4v) is 4.47. The van der Waals surface area contributed by atoms with Crippen LogP contribution in [0.5, 0.6) is 0 Å². The standard InChI is InChI=1S/C13H18N2O2S/c16-18(17)9-2-1-8-15(18)13-5-3-4-11-10-14-7-6-12(11)13/h3-5,14H,1-2,6-10H2. The highest BCUT2D eigenvalue weighted by Crippen LogP contribution is 2.30. The third kappa shape index (κ3) is 2.01. The predicted molar refractivity (Wildman–Crippen MR) is 72.2 cm³/mol. The second-order valence-corrected chi connectivity index (χ2v) is 6.95. The minimum Gasteiger partial charge on any atom is -0.312 e. The number of rotatable bonds is 1. The molecule has 1 saturated heterocycles. The van der Waals surface area contributed by atoms with E-state index in [1.54, 1.807) is 4.31 Å². The van der Waals surface area contributed by atoms with Gasteiger partial charge < -0.3 is 5.32 Å². The second kappa shape index (κ2) is 4.55. The Morgan fingerprint density at radius 3 is 2.94 bits per heavy atom. The first kappa shape index (κ1) is 12.0. The second-order valence-electron chi connectivity index (χ2n) is 4.94. The van der Waals surface area contributed by atoms with Gasteiger partial charge in [-0.05, 0) is 43.0 Å². The Balaban J connectivity index is 2.06. The van der Waals surface area contributed by atoms with Gasteiger partial charge in [-0.1, -0.05) is 12.1 Å². The van der Waals surface area contributed by atoms with E-state index in [-0.39, 0.29) is 5.75 Å². The number of fused-ring (bicyclic) bond motifs is 1. The van der Waals surface area contributed by atoms with E-state index in [0.717, 1.165) is 38.0 Å². The van der Waals surface area contributed by atoms with E-state index in [4.69, 9.17) is 0 Å². The van der Waals surface area contributed by atoms with E-state index < -0.39 is 10.0 Å². The lowest BCUT2D eigenvalue weighted by Gasteiger charge is -2.32. The quantitative estimate of drug-likeness (QED) is 0.832. The molecule has 0 amide bonds. The SMILES string of the molecule is O=S1(=O)CCCCN1c1cccc2c1CCNC2. The van der Waals surface area contributed by atoms with Crippen molar-refractivity contribution < 1.29 is 8.42 Å². The van der Waals surface area contributed by atoms with Gasteiger partial charge in [0.15, 0.2) is 0 Å². The van der Waals surface area contributed by atoms with Crippen LogP contribution in [0.25, 0.3) is 0 Å². The van der Waals surface area contributed by atoms with Gasteiger partial charge in [-0.25, -0.2) is 8.42 Å². The van der Waals surface area contributed by atoms with Crippen LogP contribution in [0.1, 0.15) is 24.0 Å². The molecule has 0 unspecified atom stereocenters. The molecule has 4 nitrogen and oxygen atoms in total. The molecule has 1 aromatic rings. The van der Waals surface area contributed by atoms with Crippen molar-refractivity contribution in [2.24, 2.45) is 0 Å². The van der Waals surface area contributed by atoms with E-state index in [9.17, 15) is 8.42 Å². The summed E-state index contributed by atoms with van der Waals surface area (Å²) in [5.41, 5.74) is 3.36. The normalized spacial score (nSPS) is 22.6. The summed E-state index contributed by atoms with van der Waals surface area (Å²) in [5.74, 6) is 0.287. The maximum absolute atomic E-state index is 12.2. The number of anilines is 1. The number of sulfonamides is 1. The summed E-state index contributed by atoms with van der Waals surface area (Å²) in [6, 6.07) is 6.00. The molecular formula is C13H18N2O2S. The van der Waals surface area contributed by atoms with Crippen molar-refractivity contribution in [1.82, 2.24) is 5.32 Å². The fraction of sp³-hybridized carbons (Fsp3) is 0.538. The molecule has 2 aliphatic heterocycles. The molecule has 0 aliphatic carbocycles. The smallest absolute Gasteiger partial charge is 0.235 e. The van der Waals surface area contributed by atoms with Gasteiger partial charge in [-0.2, -0.15) is 0 Å². The lowest BCUT2D eigenvalue weighted by Crippen LogP contribution is -2.39. The van der Waals surface area contributed by atoms with Gasteiger partial charge >= 0.3 is 0 Å². The van der Waals surface area contributed by atoms with Gasteiger partial charge in [-0.3, -0.25) is 4.31 Å². The van der Waals surface area contributed by atoms with Crippen molar-refractivity contribution in [1.29, 1.82) is 0 Å². The van der Waals surface area contributed by atoms with Gasteiger partial charge in [0.05, 0.1) is 11.4 Å². The van der Waals surface area contributed by atoms with E-state index in [2.05, 4.69) is 11.4 Å². The molecular weight excluding hydrogens is 248 g/mol. The van der Waals surface area contributed by atoms with Crippen LogP contribution in [0.4, 0.5) is 5.69 Å². The van der Waals surface area contributed by atoms with Crippen molar-refractivity contribution >= 4 is 15.7 Å². The molecule has 0 bridgehead atoms. The van der Waals surface area contributed by atoms with Crippen LogP contribution in [0, 0.1) is 0 Å². The molecule has 5 heteroatoms. The molecule has 2 aliphatic rings. The molecule has 1 N–H and O–H groups in total. The van der Waals surface area contributed by atoms with Crippen LogP contribution in [0.15, 0.2) is 18.2 Å². The number of benzene rings is 1. The first-order valence-corrected chi connectivity index (χ1v) is 8.11. The van der Waals surface area contributed by atoms with Crippen LogP contribution in [0.3, 0.4) is 0 Å². The average Bonchev–Trinajstić information content (AvgIpc) is 2.38. The maximum Gasteiger partial charge on any atom is 0.235 e. The molecule has 3 rings (SSSR count). The third-order valence-corrected chi connectivity index (χ3v) is 5.59. The third-order valence-electron chi connectivity index (χ3n) is 3.73. The van der Waals surface area contributed by atoms with E-state index in [1.165, 1.54) is 11.1 Å². The number of hydrogen-bond donors (Lipinski definition) is 1. The Bertz CT molecular complexity index is 554. The summed E-state index contributed by atoms with van der Waals surface area (Å²) in [6.07, 6.45) is 2.66. The molecule has 1 fully saturated rings. The van der Waals surface area contributed by atoms with Crippen LogP contribution >= 0.6 is 0 Å². The summed E-state index contributed by atoms with van der Waals surface area (Å²) in [5, 5.41) is 3.32. The van der Waals surface area contributed by atoms with Gasteiger partial charge in [0.2, 0.25) is 10.0 Å². The number of hydrogen-bond acceptors (Lipinski definition) is 3. The molecule has 0 spiro atoms. The van der Waals surface area contributed by atoms with Crippen LogP contribution in [0.2, 0.25) is 0 Å². The maximum atomic E-state index is 12.2. The Morgan fingerprint density at radius 2 is 2.11 bits per heavy atom. The summed E-state index contributed by atoms with van der Waals surface area (Å²) in [4.78, 5) is 0. The van der Waals surface area contributed by atoms with Crippen molar-refractivity contribution in [3.05, 3.63) is 29.3 Å². The largest absolute Gasteiger partial charge is 0.312 e. The average molecular weight is 266 g/mol. The van der Waals surface area contributed by atoms with Crippen molar-refractivity contribution in [3.63, 3.8) is 0 Å². The van der Waals surface area contributed by atoms with E-state index in [0.29, 0.717) is 6.54 Å². The zero-order valence-corrected chi connectivity index (χ0v) is 11.2. The van der Waals surface area contributed by atoms with Gasteiger partial charge in [0, 0.05) is 13.1 Å². The Hall–Kier alpha value is -1.07. The predicted octanol–water partition coefficient (Wildman–Crippen LogP) is 1.26. The van der Waals surface area contributed by atoms with Crippen molar-refractivity contribution in [2.75, 3.05) is 23.1 Å². The number of nitrogens with zero attached hydrogens (tertiary/aromatic N) is 1. The van der Waals surface area contributed by atoms with E-state index in [1.807, 2.05) is 12.1 Å². The molecule has 18 heavy (non-hydrogen) atoms. The van der Waals surface area contributed by atoms with Crippen molar-refractivity contribution in [3.8, 4) is 0 Å². The minimum atomic E-state index is -3.10. The Kier molecular flexibility index (Phi) is 3.03. The minimum absolute atomic E-state index is 0.287.